The summed E-state index contributed by atoms with van der Waals surface area (Å²) in [6.07, 6.45) is 0. The average Bonchev–Trinajstić information content (AvgIpc) is 2.03. The number of hydrogen-bond acceptors (Lipinski definition) is 3. The summed E-state index contributed by atoms with van der Waals surface area (Å²) in [4.78, 5) is 9.89. The molecule has 0 spiro atoms. The van der Waals surface area contributed by atoms with Gasteiger partial charge in [-0.3, -0.25) is 10.1 Å². The van der Waals surface area contributed by atoms with Crippen LogP contribution in [0.4, 0.5) is 5.69 Å². The van der Waals surface area contributed by atoms with Gasteiger partial charge in [-0.05, 0) is 6.07 Å². The SMILES string of the molecule is O=[N+]([O-])c1cccc(Br)c1CO. The van der Waals surface area contributed by atoms with Gasteiger partial charge in [0.15, 0.2) is 0 Å². The molecule has 0 aromatic heterocycles. The number of rotatable bonds is 2. The molecular weight excluding hydrogens is 226 g/mol. The van der Waals surface area contributed by atoms with Crippen LogP contribution in [0.1, 0.15) is 5.56 Å². The van der Waals surface area contributed by atoms with Gasteiger partial charge in [0.25, 0.3) is 5.69 Å². The van der Waals surface area contributed by atoms with E-state index < -0.39 is 4.92 Å². The summed E-state index contributed by atoms with van der Waals surface area (Å²) in [5, 5.41) is 19.2. The first-order valence-corrected chi connectivity index (χ1v) is 3.98. The quantitative estimate of drug-likeness (QED) is 0.625. The molecule has 0 bridgehead atoms. The Bertz CT molecular complexity index is 314. The monoisotopic (exact) mass is 231 g/mol. The van der Waals surface area contributed by atoms with Crippen LogP contribution in [-0.4, -0.2) is 10.0 Å². The Morgan fingerprint density at radius 2 is 2.25 bits per heavy atom. The largest absolute Gasteiger partial charge is 0.391 e. The van der Waals surface area contributed by atoms with E-state index in [0.29, 0.717) is 10.0 Å². The molecule has 64 valence electrons. The third-order valence-electron chi connectivity index (χ3n) is 1.45. The Labute approximate surface area is 77.1 Å². The highest BCUT2D eigenvalue weighted by molar-refractivity contribution is 9.10. The lowest BCUT2D eigenvalue weighted by molar-refractivity contribution is -0.385. The van der Waals surface area contributed by atoms with E-state index in [1.54, 1.807) is 12.1 Å². The van der Waals surface area contributed by atoms with E-state index in [-0.39, 0.29) is 12.3 Å². The van der Waals surface area contributed by atoms with Gasteiger partial charge in [0, 0.05) is 10.5 Å². The fraction of sp³-hybridized carbons (Fsp3) is 0.143. The lowest BCUT2D eigenvalue weighted by atomic mass is 10.2. The van der Waals surface area contributed by atoms with E-state index >= 15 is 0 Å². The number of nitro groups is 1. The van der Waals surface area contributed by atoms with E-state index in [9.17, 15) is 10.1 Å². The van der Waals surface area contributed by atoms with Gasteiger partial charge in [-0.15, -0.1) is 0 Å². The van der Waals surface area contributed by atoms with Gasteiger partial charge in [-0.1, -0.05) is 22.0 Å². The molecule has 1 aromatic carbocycles. The molecule has 0 saturated heterocycles. The van der Waals surface area contributed by atoms with Crippen LogP contribution in [0.3, 0.4) is 0 Å². The number of nitro benzene ring substituents is 1. The minimum atomic E-state index is -0.518. The highest BCUT2D eigenvalue weighted by Crippen LogP contribution is 2.25. The van der Waals surface area contributed by atoms with Crippen LogP contribution >= 0.6 is 15.9 Å². The summed E-state index contributed by atoms with van der Waals surface area (Å²) < 4.78 is 0.555. The van der Waals surface area contributed by atoms with Crippen molar-refractivity contribution in [2.24, 2.45) is 0 Å². The third kappa shape index (κ3) is 1.62. The van der Waals surface area contributed by atoms with Crippen LogP contribution in [0.25, 0.3) is 0 Å². The molecule has 0 aliphatic heterocycles. The normalized spacial score (nSPS) is 9.83. The molecule has 0 aliphatic carbocycles. The molecule has 1 aromatic rings. The molecule has 0 unspecified atom stereocenters. The van der Waals surface area contributed by atoms with Gasteiger partial charge in [-0.2, -0.15) is 0 Å². The summed E-state index contributed by atoms with van der Waals surface area (Å²) >= 11 is 3.11. The fourth-order valence-corrected chi connectivity index (χ4v) is 1.36. The molecule has 12 heavy (non-hydrogen) atoms. The van der Waals surface area contributed by atoms with Gasteiger partial charge >= 0.3 is 0 Å². The Kier molecular flexibility index (Phi) is 2.78. The van der Waals surface area contributed by atoms with Gasteiger partial charge in [0.1, 0.15) is 0 Å². The number of aliphatic hydroxyl groups is 1. The van der Waals surface area contributed by atoms with E-state index in [0.717, 1.165) is 0 Å². The highest BCUT2D eigenvalue weighted by Gasteiger charge is 2.14. The molecule has 0 saturated carbocycles. The van der Waals surface area contributed by atoms with Crippen molar-refractivity contribution in [1.29, 1.82) is 0 Å². The second kappa shape index (κ2) is 3.64. The Hall–Kier alpha value is -0.940. The molecule has 0 radical (unpaired) electrons. The zero-order valence-electron chi connectivity index (χ0n) is 6.03. The second-order valence-electron chi connectivity index (χ2n) is 2.15. The van der Waals surface area contributed by atoms with Crippen molar-refractivity contribution in [1.82, 2.24) is 0 Å². The van der Waals surface area contributed by atoms with Crippen molar-refractivity contribution in [3.63, 3.8) is 0 Å². The standard InChI is InChI=1S/C7H6BrNO3/c8-6-2-1-3-7(9(11)12)5(6)4-10/h1-3,10H,4H2. The molecular formula is C7H6BrNO3. The molecule has 4 nitrogen and oxygen atoms in total. The third-order valence-corrected chi connectivity index (χ3v) is 2.19. The molecule has 0 atom stereocenters. The Balaban J connectivity index is 3.27. The predicted octanol–water partition coefficient (Wildman–Crippen LogP) is 1.85. The van der Waals surface area contributed by atoms with Crippen LogP contribution < -0.4 is 0 Å². The maximum absolute atomic E-state index is 10.4. The first-order valence-electron chi connectivity index (χ1n) is 3.19. The first kappa shape index (κ1) is 9.15. The molecule has 0 fully saturated rings. The smallest absolute Gasteiger partial charge is 0.276 e. The summed E-state index contributed by atoms with van der Waals surface area (Å²) in [5.41, 5.74) is 0.245. The molecule has 5 heteroatoms. The van der Waals surface area contributed by atoms with Crippen molar-refractivity contribution in [2.45, 2.75) is 6.61 Å². The lowest BCUT2D eigenvalue weighted by Gasteiger charge is -2.00. The van der Waals surface area contributed by atoms with E-state index in [2.05, 4.69) is 15.9 Å². The molecule has 0 heterocycles. The van der Waals surface area contributed by atoms with Gasteiger partial charge < -0.3 is 5.11 Å². The van der Waals surface area contributed by atoms with Crippen molar-refractivity contribution in [3.8, 4) is 0 Å². The maximum atomic E-state index is 10.4. The minimum absolute atomic E-state index is 0.0631. The predicted molar refractivity (Wildman–Crippen MR) is 46.7 cm³/mol. The topological polar surface area (TPSA) is 63.4 Å². The molecule has 0 amide bonds. The molecule has 0 aliphatic rings. The maximum Gasteiger partial charge on any atom is 0.276 e. The molecule has 1 rings (SSSR count). The van der Waals surface area contributed by atoms with Crippen LogP contribution in [0.5, 0.6) is 0 Å². The van der Waals surface area contributed by atoms with Crippen LogP contribution in [-0.2, 0) is 6.61 Å². The van der Waals surface area contributed by atoms with Gasteiger partial charge in [0.2, 0.25) is 0 Å². The summed E-state index contributed by atoms with van der Waals surface area (Å²) in [6.45, 7) is -0.336. The first-order chi connectivity index (χ1) is 5.66. The van der Waals surface area contributed by atoms with Gasteiger partial charge in [-0.25, -0.2) is 0 Å². The lowest BCUT2D eigenvalue weighted by Crippen LogP contribution is -1.95. The number of halogens is 1. The summed E-state index contributed by atoms with van der Waals surface area (Å²) in [7, 11) is 0. The van der Waals surface area contributed by atoms with Crippen molar-refractivity contribution in [3.05, 3.63) is 38.3 Å². The molecule has 1 N–H and O–H groups in total. The highest BCUT2D eigenvalue weighted by atomic mass is 79.9. The zero-order valence-corrected chi connectivity index (χ0v) is 7.61. The van der Waals surface area contributed by atoms with E-state index in [1.165, 1.54) is 6.07 Å². The van der Waals surface area contributed by atoms with Crippen LogP contribution in [0, 0.1) is 10.1 Å². The van der Waals surface area contributed by atoms with Gasteiger partial charge in [0.05, 0.1) is 17.1 Å². The van der Waals surface area contributed by atoms with Crippen LogP contribution in [0.2, 0.25) is 0 Å². The van der Waals surface area contributed by atoms with Crippen molar-refractivity contribution >= 4 is 21.6 Å². The number of aliphatic hydroxyl groups excluding tert-OH is 1. The summed E-state index contributed by atoms with van der Waals surface area (Å²) in [5.74, 6) is 0. The van der Waals surface area contributed by atoms with Crippen LogP contribution in [0.15, 0.2) is 22.7 Å². The number of benzene rings is 1. The second-order valence-corrected chi connectivity index (χ2v) is 3.01. The summed E-state index contributed by atoms with van der Waals surface area (Å²) in [6, 6.07) is 4.57. The Morgan fingerprint density at radius 3 is 2.67 bits per heavy atom. The minimum Gasteiger partial charge on any atom is -0.391 e. The average molecular weight is 232 g/mol. The van der Waals surface area contributed by atoms with E-state index in [4.69, 9.17) is 5.11 Å². The Morgan fingerprint density at radius 1 is 1.58 bits per heavy atom. The number of hydrogen-bond donors (Lipinski definition) is 1. The van der Waals surface area contributed by atoms with Crippen molar-refractivity contribution < 1.29 is 10.0 Å². The zero-order chi connectivity index (χ0) is 9.14. The van der Waals surface area contributed by atoms with Crippen molar-refractivity contribution in [2.75, 3.05) is 0 Å². The number of nitrogens with zero attached hydrogens (tertiary/aromatic N) is 1. The fourth-order valence-electron chi connectivity index (χ4n) is 0.875. The van der Waals surface area contributed by atoms with E-state index in [1.807, 2.05) is 0 Å².